The number of nitrogens with one attached hydrogen (secondary N) is 1. The maximum Gasteiger partial charge on any atom is 0.226 e. The lowest BCUT2D eigenvalue weighted by Crippen LogP contribution is -2.10. The summed E-state index contributed by atoms with van der Waals surface area (Å²) in [6, 6.07) is 4.06. The van der Waals surface area contributed by atoms with Crippen molar-refractivity contribution in [1.29, 1.82) is 0 Å². The fourth-order valence-corrected chi connectivity index (χ4v) is 2.55. The topological polar surface area (TPSA) is 46.9 Å². The Morgan fingerprint density at radius 1 is 1.32 bits per heavy atom. The van der Waals surface area contributed by atoms with Crippen LogP contribution in [0.2, 0.25) is 0 Å². The van der Waals surface area contributed by atoms with Crippen molar-refractivity contribution in [2.24, 2.45) is 0 Å². The molecule has 0 spiro atoms. The molecule has 2 rings (SSSR count). The summed E-state index contributed by atoms with van der Waals surface area (Å²) in [6.07, 6.45) is 9.59. The zero-order chi connectivity index (χ0) is 13.5. The summed E-state index contributed by atoms with van der Waals surface area (Å²) in [5.74, 6) is 0.0651. The summed E-state index contributed by atoms with van der Waals surface area (Å²) in [7, 11) is 0. The van der Waals surface area contributed by atoms with Crippen molar-refractivity contribution in [2.75, 3.05) is 5.32 Å². The number of anilines is 1. The van der Waals surface area contributed by atoms with Gasteiger partial charge in [-0.3, -0.25) is 4.79 Å². The molecule has 0 saturated heterocycles. The van der Waals surface area contributed by atoms with Crippen LogP contribution in [0.5, 0.6) is 0 Å². The van der Waals surface area contributed by atoms with E-state index in [-0.39, 0.29) is 5.91 Å². The number of unbranched alkanes of at least 4 members (excludes halogenated alkanes) is 2. The van der Waals surface area contributed by atoms with E-state index in [1.165, 1.54) is 11.3 Å². The highest BCUT2D eigenvalue weighted by Gasteiger charge is 2.04. The molecule has 1 N–H and O–H groups in total. The van der Waals surface area contributed by atoms with E-state index in [1.807, 2.05) is 19.1 Å². The number of aryl methyl sites for hydroxylation is 2. The summed E-state index contributed by atoms with van der Waals surface area (Å²) < 4.78 is 2.17. The highest BCUT2D eigenvalue weighted by molar-refractivity contribution is 7.15. The molecule has 0 fully saturated rings. The Hall–Kier alpha value is -1.62. The van der Waals surface area contributed by atoms with Crippen LogP contribution in [0.1, 0.15) is 30.6 Å². The van der Waals surface area contributed by atoms with Crippen molar-refractivity contribution in [2.45, 2.75) is 39.2 Å². The number of amides is 1. The van der Waals surface area contributed by atoms with Gasteiger partial charge < -0.3 is 9.88 Å². The summed E-state index contributed by atoms with van der Waals surface area (Å²) in [6.45, 7) is 3.01. The first-order valence-electron chi connectivity index (χ1n) is 6.57. The Balaban J connectivity index is 1.56. The minimum absolute atomic E-state index is 0.0651. The van der Waals surface area contributed by atoms with E-state index < -0.39 is 0 Å². The van der Waals surface area contributed by atoms with Gasteiger partial charge in [-0.05, 0) is 31.9 Å². The summed E-state index contributed by atoms with van der Waals surface area (Å²) >= 11 is 1.51. The predicted octanol–water partition coefficient (Wildman–Crippen LogP) is 3.45. The molecule has 102 valence electrons. The van der Waals surface area contributed by atoms with Crippen LogP contribution in [0, 0.1) is 6.92 Å². The largest absolute Gasteiger partial charge is 0.354 e. The molecule has 0 radical (unpaired) electrons. The maximum atomic E-state index is 11.7. The van der Waals surface area contributed by atoms with E-state index in [1.54, 1.807) is 6.20 Å². The number of rotatable bonds is 7. The fourth-order valence-electron chi connectivity index (χ4n) is 1.87. The Morgan fingerprint density at radius 2 is 2.11 bits per heavy atom. The first kappa shape index (κ1) is 13.8. The summed E-state index contributed by atoms with van der Waals surface area (Å²) in [4.78, 5) is 16.9. The van der Waals surface area contributed by atoms with Crippen molar-refractivity contribution in [3.63, 3.8) is 0 Å². The highest BCUT2D eigenvalue weighted by Crippen LogP contribution is 2.16. The van der Waals surface area contributed by atoms with Crippen LogP contribution in [-0.2, 0) is 11.3 Å². The van der Waals surface area contributed by atoms with Gasteiger partial charge in [0, 0.05) is 36.4 Å². The Labute approximate surface area is 117 Å². The number of aromatic nitrogens is 2. The first-order chi connectivity index (χ1) is 9.24. The van der Waals surface area contributed by atoms with Crippen LogP contribution >= 0.6 is 11.3 Å². The number of thiazole rings is 1. The van der Waals surface area contributed by atoms with Gasteiger partial charge in [0.25, 0.3) is 0 Å². The molecule has 0 saturated carbocycles. The zero-order valence-corrected chi connectivity index (χ0v) is 11.9. The first-order valence-corrected chi connectivity index (χ1v) is 7.39. The van der Waals surface area contributed by atoms with E-state index in [0.29, 0.717) is 11.6 Å². The molecule has 0 aliphatic rings. The van der Waals surface area contributed by atoms with Crippen molar-refractivity contribution in [1.82, 2.24) is 9.55 Å². The summed E-state index contributed by atoms with van der Waals surface area (Å²) in [5, 5.41) is 3.53. The standard InChI is InChI=1S/C14H19N3OS/c1-12-11-15-14(19-12)16-13(18)7-3-2-4-8-17-9-5-6-10-17/h5-6,9-11H,2-4,7-8H2,1H3,(H,15,16,18). The van der Waals surface area contributed by atoms with Crippen molar-refractivity contribution in [3.05, 3.63) is 35.6 Å². The van der Waals surface area contributed by atoms with Crippen LogP contribution in [0.15, 0.2) is 30.7 Å². The van der Waals surface area contributed by atoms with Gasteiger partial charge >= 0.3 is 0 Å². The number of hydrogen-bond acceptors (Lipinski definition) is 3. The van der Waals surface area contributed by atoms with E-state index in [0.717, 1.165) is 30.7 Å². The lowest BCUT2D eigenvalue weighted by atomic mass is 10.2. The summed E-state index contributed by atoms with van der Waals surface area (Å²) in [5.41, 5.74) is 0. The molecule has 0 aliphatic carbocycles. The molecule has 0 atom stereocenters. The Bertz CT molecular complexity index is 505. The van der Waals surface area contributed by atoms with Crippen LogP contribution in [0.4, 0.5) is 5.13 Å². The predicted molar refractivity (Wildman–Crippen MR) is 78.4 cm³/mol. The number of hydrogen-bond donors (Lipinski definition) is 1. The SMILES string of the molecule is Cc1cnc(NC(=O)CCCCCn2cccc2)s1. The normalized spacial score (nSPS) is 10.6. The van der Waals surface area contributed by atoms with Crippen LogP contribution in [0.3, 0.4) is 0 Å². The van der Waals surface area contributed by atoms with Gasteiger partial charge in [0.15, 0.2) is 5.13 Å². The van der Waals surface area contributed by atoms with Crippen LogP contribution in [-0.4, -0.2) is 15.5 Å². The molecule has 0 bridgehead atoms. The zero-order valence-electron chi connectivity index (χ0n) is 11.1. The van der Waals surface area contributed by atoms with Gasteiger partial charge in [0.05, 0.1) is 0 Å². The minimum atomic E-state index is 0.0651. The molecular formula is C14H19N3OS. The Morgan fingerprint density at radius 3 is 2.79 bits per heavy atom. The van der Waals surface area contributed by atoms with Crippen LogP contribution < -0.4 is 5.32 Å². The lowest BCUT2D eigenvalue weighted by Gasteiger charge is -2.03. The van der Waals surface area contributed by atoms with Crippen molar-refractivity contribution < 1.29 is 4.79 Å². The van der Waals surface area contributed by atoms with Gasteiger partial charge in [-0.15, -0.1) is 11.3 Å². The third kappa shape index (κ3) is 4.87. The van der Waals surface area contributed by atoms with Gasteiger partial charge in [0.1, 0.15) is 0 Å². The molecule has 0 aromatic carbocycles. The molecule has 0 unspecified atom stereocenters. The van der Waals surface area contributed by atoms with Gasteiger partial charge in [-0.1, -0.05) is 6.42 Å². The molecule has 4 nitrogen and oxygen atoms in total. The minimum Gasteiger partial charge on any atom is -0.354 e. The second-order valence-electron chi connectivity index (χ2n) is 4.56. The van der Waals surface area contributed by atoms with Gasteiger partial charge in [0.2, 0.25) is 5.91 Å². The number of carbonyl (C=O) groups is 1. The third-order valence-electron chi connectivity index (χ3n) is 2.85. The molecule has 5 heteroatoms. The smallest absolute Gasteiger partial charge is 0.226 e. The monoisotopic (exact) mass is 277 g/mol. The fraction of sp³-hybridized carbons (Fsp3) is 0.429. The van der Waals surface area contributed by atoms with Crippen molar-refractivity contribution >= 4 is 22.4 Å². The Kier molecular flexibility index (Phi) is 5.15. The van der Waals surface area contributed by atoms with E-state index >= 15 is 0 Å². The molecule has 19 heavy (non-hydrogen) atoms. The van der Waals surface area contributed by atoms with Crippen molar-refractivity contribution in [3.8, 4) is 0 Å². The molecule has 2 aromatic rings. The maximum absolute atomic E-state index is 11.7. The highest BCUT2D eigenvalue weighted by atomic mass is 32.1. The van der Waals surface area contributed by atoms with Gasteiger partial charge in [-0.2, -0.15) is 0 Å². The quantitative estimate of drug-likeness (QED) is 0.788. The van der Waals surface area contributed by atoms with E-state index in [9.17, 15) is 4.79 Å². The lowest BCUT2D eigenvalue weighted by molar-refractivity contribution is -0.116. The molecule has 0 aliphatic heterocycles. The molecule has 1 amide bonds. The number of carbonyl (C=O) groups excluding carboxylic acids is 1. The average Bonchev–Trinajstić information content (AvgIpc) is 3.01. The second-order valence-corrected chi connectivity index (χ2v) is 5.79. The second kappa shape index (κ2) is 7.09. The molecular weight excluding hydrogens is 258 g/mol. The van der Waals surface area contributed by atoms with E-state index in [2.05, 4.69) is 27.3 Å². The van der Waals surface area contributed by atoms with Crippen LogP contribution in [0.25, 0.3) is 0 Å². The third-order valence-corrected chi connectivity index (χ3v) is 3.68. The average molecular weight is 277 g/mol. The van der Waals surface area contributed by atoms with E-state index in [4.69, 9.17) is 0 Å². The molecule has 2 aromatic heterocycles. The van der Waals surface area contributed by atoms with Gasteiger partial charge in [-0.25, -0.2) is 4.98 Å². The number of nitrogens with zero attached hydrogens (tertiary/aromatic N) is 2. The molecule has 2 heterocycles.